The van der Waals surface area contributed by atoms with Gasteiger partial charge < -0.3 is 5.73 Å². The van der Waals surface area contributed by atoms with E-state index in [-0.39, 0.29) is 0 Å². The van der Waals surface area contributed by atoms with Crippen LogP contribution in [0.5, 0.6) is 0 Å². The van der Waals surface area contributed by atoms with Crippen LogP contribution < -0.4 is 10.5 Å². The van der Waals surface area contributed by atoms with E-state index in [4.69, 9.17) is 5.73 Å². The number of nitrogen functional groups attached to an aromatic ring is 1. The van der Waals surface area contributed by atoms with E-state index in [1.165, 1.54) is 4.31 Å². The van der Waals surface area contributed by atoms with E-state index in [1.54, 1.807) is 6.07 Å². The maximum atomic E-state index is 12.3. The van der Waals surface area contributed by atoms with Gasteiger partial charge in [-0.3, -0.25) is 4.72 Å². The molecule has 0 spiro atoms. The van der Waals surface area contributed by atoms with Crippen molar-refractivity contribution in [1.29, 1.82) is 0 Å². The third-order valence-electron chi connectivity index (χ3n) is 3.77. The smallest absolute Gasteiger partial charge is 0.301 e. The summed E-state index contributed by atoms with van der Waals surface area (Å²) >= 11 is 0. The number of hydrogen-bond donors (Lipinski definition) is 2. The zero-order valence-electron chi connectivity index (χ0n) is 11.7. The molecular formula is C15H19N3O2S. The Hall–Kier alpha value is -1.79. The van der Waals surface area contributed by atoms with Crippen molar-refractivity contribution < 1.29 is 8.42 Å². The van der Waals surface area contributed by atoms with Crippen molar-refractivity contribution in [3.8, 4) is 0 Å². The highest BCUT2D eigenvalue weighted by Crippen LogP contribution is 2.23. The molecule has 0 aromatic heterocycles. The number of rotatable bonds is 3. The van der Waals surface area contributed by atoms with Gasteiger partial charge in [0.1, 0.15) is 0 Å². The number of nitrogens with one attached hydrogen (secondary N) is 1. The van der Waals surface area contributed by atoms with Crippen molar-refractivity contribution in [2.24, 2.45) is 0 Å². The van der Waals surface area contributed by atoms with Gasteiger partial charge in [0.15, 0.2) is 0 Å². The number of fused-ring (bicyclic) bond motifs is 1. The molecule has 5 nitrogen and oxygen atoms in total. The minimum absolute atomic E-state index is 0.568. The van der Waals surface area contributed by atoms with Crippen molar-refractivity contribution in [3.05, 3.63) is 36.4 Å². The van der Waals surface area contributed by atoms with Crippen LogP contribution in [0.2, 0.25) is 0 Å². The molecule has 0 bridgehead atoms. The molecule has 0 unspecified atom stereocenters. The summed E-state index contributed by atoms with van der Waals surface area (Å²) in [5, 5.41) is 1.96. The van der Waals surface area contributed by atoms with Crippen LogP contribution in [0, 0.1) is 0 Å². The predicted molar refractivity (Wildman–Crippen MR) is 86.3 cm³/mol. The molecule has 3 N–H and O–H groups in total. The maximum Gasteiger partial charge on any atom is 0.301 e. The van der Waals surface area contributed by atoms with Gasteiger partial charge >= 0.3 is 10.2 Å². The van der Waals surface area contributed by atoms with E-state index in [0.29, 0.717) is 24.5 Å². The zero-order valence-corrected chi connectivity index (χ0v) is 12.6. The number of benzene rings is 2. The third-order valence-corrected chi connectivity index (χ3v) is 5.30. The lowest BCUT2D eigenvalue weighted by atomic mass is 10.1. The highest BCUT2D eigenvalue weighted by atomic mass is 32.2. The largest absolute Gasteiger partial charge is 0.399 e. The monoisotopic (exact) mass is 305 g/mol. The Labute approximate surface area is 124 Å². The summed E-state index contributed by atoms with van der Waals surface area (Å²) < 4.78 is 28.9. The second-order valence-corrected chi connectivity index (χ2v) is 7.06. The lowest BCUT2D eigenvalue weighted by molar-refractivity contribution is 0.349. The molecule has 1 saturated heterocycles. The first kappa shape index (κ1) is 14.2. The topological polar surface area (TPSA) is 75.4 Å². The fourth-order valence-corrected chi connectivity index (χ4v) is 3.94. The Balaban J connectivity index is 1.86. The third kappa shape index (κ3) is 3.11. The van der Waals surface area contributed by atoms with Gasteiger partial charge in [-0.2, -0.15) is 12.7 Å². The van der Waals surface area contributed by atoms with Crippen LogP contribution in [0.3, 0.4) is 0 Å². The zero-order chi connectivity index (χ0) is 14.9. The maximum absolute atomic E-state index is 12.3. The second-order valence-electron chi connectivity index (χ2n) is 5.39. The molecule has 0 saturated carbocycles. The van der Waals surface area contributed by atoms with Crippen LogP contribution >= 0.6 is 0 Å². The summed E-state index contributed by atoms with van der Waals surface area (Å²) in [5.74, 6) is 0. The van der Waals surface area contributed by atoms with Gasteiger partial charge in [0.05, 0.1) is 5.69 Å². The summed E-state index contributed by atoms with van der Waals surface area (Å²) in [5.41, 5.74) is 7.00. The van der Waals surface area contributed by atoms with Crippen molar-refractivity contribution in [2.45, 2.75) is 19.3 Å². The van der Waals surface area contributed by atoms with Crippen molar-refractivity contribution >= 4 is 32.4 Å². The van der Waals surface area contributed by atoms with Gasteiger partial charge in [0, 0.05) is 18.8 Å². The molecule has 1 heterocycles. The molecule has 2 aromatic rings. The molecule has 1 aliphatic heterocycles. The number of nitrogens with zero attached hydrogens (tertiary/aromatic N) is 1. The Kier molecular flexibility index (Phi) is 3.73. The predicted octanol–water partition coefficient (Wildman–Crippen LogP) is 2.56. The summed E-state index contributed by atoms with van der Waals surface area (Å²) in [4.78, 5) is 0. The number of nitrogens with two attached hydrogens (primary N) is 1. The fraction of sp³-hybridized carbons (Fsp3) is 0.333. The second kappa shape index (κ2) is 5.54. The summed E-state index contributed by atoms with van der Waals surface area (Å²) in [6.45, 7) is 1.19. The van der Waals surface area contributed by atoms with Crippen LogP contribution in [-0.4, -0.2) is 25.8 Å². The molecule has 0 aliphatic carbocycles. The van der Waals surface area contributed by atoms with Crippen molar-refractivity contribution in [1.82, 2.24) is 4.31 Å². The Morgan fingerprint density at radius 3 is 2.43 bits per heavy atom. The quantitative estimate of drug-likeness (QED) is 0.856. The van der Waals surface area contributed by atoms with Gasteiger partial charge in [-0.1, -0.05) is 18.6 Å². The van der Waals surface area contributed by atoms with Gasteiger partial charge in [0.2, 0.25) is 0 Å². The number of anilines is 2. The van der Waals surface area contributed by atoms with Gasteiger partial charge in [-0.05, 0) is 47.9 Å². The van der Waals surface area contributed by atoms with E-state index in [9.17, 15) is 8.42 Å². The first-order valence-corrected chi connectivity index (χ1v) is 8.56. The Morgan fingerprint density at radius 2 is 1.67 bits per heavy atom. The van der Waals surface area contributed by atoms with E-state index < -0.39 is 10.2 Å². The average Bonchev–Trinajstić information content (AvgIpc) is 2.47. The molecule has 1 fully saturated rings. The molecule has 0 amide bonds. The SMILES string of the molecule is Nc1ccc2ccc(NS(=O)(=O)N3CCCCC3)cc2c1. The van der Waals surface area contributed by atoms with Crippen molar-refractivity contribution in [3.63, 3.8) is 0 Å². The van der Waals surface area contributed by atoms with E-state index in [0.717, 1.165) is 30.0 Å². The van der Waals surface area contributed by atoms with Crippen LogP contribution in [0.1, 0.15) is 19.3 Å². The number of piperidine rings is 1. The molecule has 6 heteroatoms. The van der Waals surface area contributed by atoms with Crippen LogP contribution in [0.4, 0.5) is 11.4 Å². The lowest BCUT2D eigenvalue weighted by Crippen LogP contribution is -2.39. The highest BCUT2D eigenvalue weighted by molar-refractivity contribution is 7.90. The Bertz CT molecular complexity index is 753. The summed E-state index contributed by atoms with van der Waals surface area (Å²) in [6.07, 6.45) is 2.95. The Morgan fingerprint density at radius 1 is 0.952 bits per heavy atom. The van der Waals surface area contributed by atoms with Gasteiger partial charge in [0.25, 0.3) is 0 Å². The van der Waals surface area contributed by atoms with Crippen LogP contribution in [-0.2, 0) is 10.2 Å². The van der Waals surface area contributed by atoms with Crippen LogP contribution in [0.25, 0.3) is 10.8 Å². The normalized spacial score (nSPS) is 17.0. The molecule has 0 atom stereocenters. The molecular weight excluding hydrogens is 286 g/mol. The molecule has 2 aromatic carbocycles. The summed E-state index contributed by atoms with van der Waals surface area (Å²) in [7, 11) is -3.46. The van der Waals surface area contributed by atoms with Crippen molar-refractivity contribution in [2.75, 3.05) is 23.5 Å². The lowest BCUT2D eigenvalue weighted by Gasteiger charge is -2.26. The van der Waals surface area contributed by atoms with E-state index in [1.807, 2.05) is 30.3 Å². The summed E-state index contributed by atoms with van der Waals surface area (Å²) in [6, 6.07) is 11.1. The average molecular weight is 305 g/mol. The standard InChI is InChI=1S/C15H19N3O2S/c16-14-6-4-12-5-7-15(11-13(12)10-14)17-21(19,20)18-8-2-1-3-9-18/h4-7,10-11,17H,1-3,8-9,16H2. The van der Waals surface area contributed by atoms with Gasteiger partial charge in [-0.25, -0.2) is 0 Å². The molecule has 1 aliphatic rings. The first-order valence-electron chi connectivity index (χ1n) is 7.12. The van der Waals surface area contributed by atoms with Gasteiger partial charge in [-0.15, -0.1) is 0 Å². The first-order chi connectivity index (χ1) is 10.0. The molecule has 0 radical (unpaired) electrons. The highest BCUT2D eigenvalue weighted by Gasteiger charge is 2.23. The minimum atomic E-state index is -3.46. The minimum Gasteiger partial charge on any atom is -0.399 e. The van der Waals surface area contributed by atoms with E-state index in [2.05, 4.69) is 4.72 Å². The molecule has 3 rings (SSSR count). The van der Waals surface area contributed by atoms with Crippen LogP contribution in [0.15, 0.2) is 36.4 Å². The van der Waals surface area contributed by atoms with E-state index >= 15 is 0 Å². The molecule has 21 heavy (non-hydrogen) atoms. The number of hydrogen-bond acceptors (Lipinski definition) is 3. The molecule has 112 valence electrons. The fourth-order valence-electron chi connectivity index (χ4n) is 2.65.